The molecular weight excluding hydrogens is 299 g/mol. The van der Waals surface area contributed by atoms with Crippen molar-refractivity contribution in [3.63, 3.8) is 0 Å². The molecule has 0 bridgehead atoms. The van der Waals surface area contributed by atoms with Crippen LogP contribution in [0.2, 0.25) is 0 Å². The number of alkyl halides is 3. The van der Waals surface area contributed by atoms with Gasteiger partial charge in [-0.1, -0.05) is 34.1 Å². The highest BCUT2D eigenvalue weighted by atomic mass is 79.9. The standard InChI is InChI=1S/C11H11BrF3NO/c12-10-7-9(17-11(13,14)15)5-4-8(10)3-1-2-6-16/h1,3-5,7H,2,6,16H2. The largest absolute Gasteiger partial charge is 0.573 e. The van der Waals surface area contributed by atoms with Crippen LogP contribution in [0.1, 0.15) is 12.0 Å². The van der Waals surface area contributed by atoms with Crippen LogP contribution in [-0.2, 0) is 0 Å². The normalized spacial score (nSPS) is 12.1. The van der Waals surface area contributed by atoms with Gasteiger partial charge in [0.1, 0.15) is 5.75 Å². The number of ether oxygens (including phenoxy) is 1. The molecule has 1 aromatic carbocycles. The number of hydrogen-bond donors (Lipinski definition) is 1. The molecule has 1 rings (SSSR count). The van der Waals surface area contributed by atoms with Gasteiger partial charge in [-0.15, -0.1) is 13.2 Å². The molecule has 0 atom stereocenters. The van der Waals surface area contributed by atoms with Crippen LogP contribution in [0.15, 0.2) is 28.7 Å². The molecule has 0 spiro atoms. The van der Waals surface area contributed by atoms with Crippen molar-refractivity contribution in [2.24, 2.45) is 5.73 Å². The van der Waals surface area contributed by atoms with Gasteiger partial charge in [0.05, 0.1) is 0 Å². The monoisotopic (exact) mass is 309 g/mol. The Balaban J connectivity index is 2.79. The van der Waals surface area contributed by atoms with Crippen molar-refractivity contribution in [2.75, 3.05) is 6.54 Å². The van der Waals surface area contributed by atoms with Crippen molar-refractivity contribution in [1.29, 1.82) is 0 Å². The number of rotatable bonds is 4. The van der Waals surface area contributed by atoms with Gasteiger partial charge in [0.25, 0.3) is 0 Å². The first kappa shape index (κ1) is 14.1. The lowest BCUT2D eigenvalue weighted by Gasteiger charge is -2.09. The lowest BCUT2D eigenvalue weighted by Crippen LogP contribution is -2.17. The third-order valence-corrected chi connectivity index (χ3v) is 2.52. The minimum atomic E-state index is -4.67. The highest BCUT2D eigenvalue weighted by Gasteiger charge is 2.31. The van der Waals surface area contributed by atoms with Crippen LogP contribution in [0.3, 0.4) is 0 Å². The van der Waals surface area contributed by atoms with E-state index in [4.69, 9.17) is 5.73 Å². The summed E-state index contributed by atoms with van der Waals surface area (Å²) in [5, 5.41) is 0. The Hall–Kier alpha value is -1.01. The number of hydrogen-bond acceptors (Lipinski definition) is 2. The van der Waals surface area contributed by atoms with Crippen molar-refractivity contribution in [3.05, 3.63) is 34.3 Å². The first-order valence-electron chi connectivity index (χ1n) is 4.84. The summed E-state index contributed by atoms with van der Waals surface area (Å²) in [5.74, 6) is -0.250. The van der Waals surface area contributed by atoms with Gasteiger partial charge < -0.3 is 10.5 Å². The predicted octanol–water partition coefficient (Wildman–Crippen LogP) is 3.71. The molecule has 0 amide bonds. The van der Waals surface area contributed by atoms with Gasteiger partial charge in [-0.05, 0) is 30.7 Å². The lowest BCUT2D eigenvalue weighted by atomic mass is 10.2. The van der Waals surface area contributed by atoms with Gasteiger partial charge in [0.2, 0.25) is 0 Å². The molecule has 0 radical (unpaired) electrons. The van der Waals surface area contributed by atoms with E-state index in [-0.39, 0.29) is 5.75 Å². The number of nitrogens with two attached hydrogens (primary N) is 1. The van der Waals surface area contributed by atoms with E-state index in [0.29, 0.717) is 17.4 Å². The van der Waals surface area contributed by atoms with E-state index >= 15 is 0 Å². The third kappa shape index (κ3) is 5.23. The Morgan fingerprint density at radius 3 is 2.59 bits per heavy atom. The van der Waals surface area contributed by atoms with Crippen LogP contribution in [-0.4, -0.2) is 12.9 Å². The molecular formula is C11H11BrF3NO. The van der Waals surface area contributed by atoms with Gasteiger partial charge in [0.15, 0.2) is 0 Å². The van der Waals surface area contributed by atoms with E-state index in [9.17, 15) is 13.2 Å². The summed E-state index contributed by atoms with van der Waals surface area (Å²) in [6.07, 6.45) is -0.317. The first-order chi connectivity index (χ1) is 7.92. The maximum Gasteiger partial charge on any atom is 0.573 e. The van der Waals surface area contributed by atoms with E-state index in [1.54, 1.807) is 6.08 Å². The zero-order chi connectivity index (χ0) is 12.9. The highest BCUT2D eigenvalue weighted by molar-refractivity contribution is 9.10. The average Bonchev–Trinajstić information content (AvgIpc) is 2.19. The molecule has 0 fully saturated rings. The minimum absolute atomic E-state index is 0.250. The summed E-state index contributed by atoms with van der Waals surface area (Å²) >= 11 is 3.18. The zero-order valence-electron chi connectivity index (χ0n) is 8.80. The average molecular weight is 310 g/mol. The predicted molar refractivity (Wildman–Crippen MR) is 63.5 cm³/mol. The molecule has 0 aliphatic rings. The maximum atomic E-state index is 12.0. The highest BCUT2D eigenvalue weighted by Crippen LogP contribution is 2.28. The van der Waals surface area contributed by atoms with Gasteiger partial charge >= 0.3 is 6.36 Å². The molecule has 1 aromatic rings. The molecule has 0 aliphatic carbocycles. The molecule has 0 aliphatic heterocycles. The summed E-state index contributed by atoms with van der Waals surface area (Å²) in [4.78, 5) is 0. The summed E-state index contributed by atoms with van der Waals surface area (Å²) < 4.78 is 40.2. The van der Waals surface area contributed by atoms with Crippen LogP contribution in [0, 0.1) is 0 Å². The van der Waals surface area contributed by atoms with E-state index in [2.05, 4.69) is 20.7 Å². The Labute approximate surface area is 105 Å². The Kier molecular flexibility index (Phi) is 5.02. The second-order valence-electron chi connectivity index (χ2n) is 3.21. The molecule has 94 valence electrons. The number of halogens is 4. The maximum absolute atomic E-state index is 12.0. The van der Waals surface area contributed by atoms with Crippen LogP contribution in [0.5, 0.6) is 5.75 Å². The molecule has 0 saturated carbocycles. The molecule has 2 nitrogen and oxygen atoms in total. The van der Waals surface area contributed by atoms with Gasteiger partial charge in [-0.25, -0.2) is 0 Å². The van der Waals surface area contributed by atoms with Crippen molar-refractivity contribution >= 4 is 22.0 Å². The van der Waals surface area contributed by atoms with Crippen LogP contribution in [0.25, 0.3) is 6.08 Å². The smallest absolute Gasteiger partial charge is 0.406 e. The van der Waals surface area contributed by atoms with Gasteiger partial charge in [-0.2, -0.15) is 0 Å². The molecule has 6 heteroatoms. The molecule has 0 heterocycles. The Morgan fingerprint density at radius 1 is 1.35 bits per heavy atom. The fourth-order valence-corrected chi connectivity index (χ4v) is 1.64. The zero-order valence-corrected chi connectivity index (χ0v) is 10.4. The molecule has 0 unspecified atom stereocenters. The van der Waals surface area contributed by atoms with Crippen molar-refractivity contribution in [3.8, 4) is 5.75 Å². The molecule has 0 aromatic heterocycles. The summed E-state index contributed by atoms with van der Waals surface area (Å²) in [6.45, 7) is 0.531. The van der Waals surface area contributed by atoms with Crippen LogP contribution >= 0.6 is 15.9 Å². The second-order valence-corrected chi connectivity index (χ2v) is 4.07. The quantitative estimate of drug-likeness (QED) is 0.920. The summed E-state index contributed by atoms with van der Waals surface area (Å²) in [5.41, 5.74) is 6.09. The minimum Gasteiger partial charge on any atom is -0.406 e. The second kappa shape index (κ2) is 6.07. The fraction of sp³-hybridized carbons (Fsp3) is 0.273. The summed E-state index contributed by atoms with van der Waals surface area (Å²) in [7, 11) is 0. The van der Waals surface area contributed by atoms with Crippen LogP contribution in [0.4, 0.5) is 13.2 Å². The lowest BCUT2D eigenvalue weighted by molar-refractivity contribution is -0.274. The van der Waals surface area contributed by atoms with E-state index in [1.165, 1.54) is 18.2 Å². The Bertz CT molecular complexity index is 404. The van der Waals surface area contributed by atoms with Gasteiger partial charge in [-0.3, -0.25) is 0 Å². The summed E-state index contributed by atoms with van der Waals surface area (Å²) in [6, 6.07) is 4.08. The Morgan fingerprint density at radius 2 is 2.06 bits per heavy atom. The van der Waals surface area contributed by atoms with Crippen molar-refractivity contribution in [2.45, 2.75) is 12.8 Å². The molecule has 17 heavy (non-hydrogen) atoms. The van der Waals surface area contributed by atoms with E-state index in [1.807, 2.05) is 6.08 Å². The van der Waals surface area contributed by atoms with E-state index < -0.39 is 6.36 Å². The van der Waals surface area contributed by atoms with Crippen molar-refractivity contribution < 1.29 is 17.9 Å². The fourth-order valence-electron chi connectivity index (χ4n) is 1.15. The van der Waals surface area contributed by atoms with Crippen LogP contribution < -0.4 is 10.5 Å². The van der Waals surface area contributed by atoms with E-state index in [0.717, 1.165) is 5.56 Å². The molecule has 0 saturated heterocycles. The SMILES string of the molecule is NCCC=Cc1ccc(OC(F)(F)F)cc1Br. The van der Waals surface area contributed by atoms with Gasteiger partial charge in [0, 0.05) is 4.47 Å². The third-order valence-electron chi connectivity index (χ3n) is 1.84. The number of benzene rings is 1. The van der Waals surface area contributed by atoms with Crippen molar-refractivity contribution in [1.82, 2.24) is 0 Å². The topological polar surface area (TPSA) is 35.2 Å². The first-order valence-corrected chi connectivity index (χ1v) is 5.63. The molecule has 2 N–H and O–H groups in total.